The number of aromatic nitrogens is 1. The molecule has 1 aliphatic carbocycles. The average molecular weight is 322 g/mol. The third kappa shape index (κ3) is 2.45. The Kier molecular flexibility index (Phi) is 3.28. The number of ketones is 1. The molecular formula is C18H14N2O2S. The van der Waals surface area contributed by atoms with Gasteiger partial charge >= 0.3 is 0 Å². The number of hydrogen-bond acceptors (Lipinski definition) is 5. The summed E-state index contributed by atoms with van der Waals surface area (Å²) in [5, 5.41) is 9.44. The lowest BCUT2D eigenvalue weighted by Crippen LogP contribution is -2.14. The Morgan fingerprint density at radius 2 is 2.22 bits per heavy atom. The molecule has 0 spiro atoms. The molecule has 3 aromatic rings. The Labute approximate surface area is 137 Å². The largest absolute Gasteiger partial charge is 0.439 e. The van der Waals surface area contributed by atoms with Gasteiger partial charge in [0, 0.05) is 21.6 Å². The van der Waals surface area contributed by atoms with Gasteiger partial charge in [-0.3, -0.25) is 4.79 Å². The Hall–Kier alpha value is -2.45. The maximum atomic E-state index is 12.7. The van der Waals surface area contributed by atoms with E-state index < -0.39 is 5.92 Å². The molecule has 1 fully saturated rings. The van der Waals surface area contributed by atoms with E-state index in [2.05, 4.69) is 30.1 Å². The summed E-state index contributed by atoms with van der Waals surface area (Å²) in [5.74, 6) is -0.616. The van der Waals surface area contributed by atoms with Gasteiger partial charge in [-0.05, 0) is 37.6 Å². The van der Waals surface area contributed by atoms with Crippen LogP contribution in [0.5, 0.6) is 0 Å². The zero-order valence-electron chi connectivity index (χ0n) is 12.5. The van der Waals surface area contributed by atoms with Crippen molar-refractivity contribution in [3.05, 3.63) is 52.0 Å². The Balaban J connectivity index is 1.58. The van der Waals surface area contributed by atoms with E-state index >= 15 is 0 Å². The van der Waals surface area contributed by atoms with Crippen LogP contribution in [0.4, 0.5) is 0 Å². The number of Topliss-reactive ketones (excluding diaryl/α,β-unsaturated/α-hetero) is 1. The van der Waals surface area contributed by atoms with Gasteiger partial charge in [0.25, 0.3) is 0 Å². The molecule has 5 heteroatoms. The quantitative estimate of drug-likeness (QED) is 0.722. The lowest BCUT2D eigenvalue weighted by atomic mass is 10.0. The summed E-state index contributed by atoms with van der Waals surface area (Å²) in [5.41, 5.74) is 1.29. The normalized spacial score (nSPS) is 21.0. The predicted octanol–water partition coefficient (Wildman–Crippen LogP) is 4.18. The predicted molar refractivity (Wildman–Crippen MR) is 87.3 cm³/mol. The van der Waals surface area contributed by atoms with Crippen molar-refractivity contribution in [2.24, 2.45) is 5.92 Å². The van der Waals surface area contributed by atoms with Crippen molar-refractivity contribution in [3.8, 4) is 6.07 Å². The first kappa shape index (κ1) is 14.2. The molecule has 3 atom stereocenters. The molecule has 4 nitrogen and oxygen atoms in total. The number of rotatable bonds is 4. The van der Waals surface area contributed by atoms with Crippen LogP contribution in [0.3, 0.4) is 0 Å². The molecule has 114 valence electrons. The zero-order chi connectivity index (χ0) is 16.0. The first-order valence-electron chi connectivity index (χ1n) is 7.52. The molecular weight excluding hydrogens is 308 g/mol. The van der Waals surface area contributed by atoms with Crippen LogP contribution in [0.1, 0.15) is 33.9 Å². The first-order valence-corrected chi connectivity index (χ1v) is 8.34. The number of thiophene rings is 1. The second-order valence-electron chi connectivity index (χ2n) is 5.88. The highest BCUT2D eigenvalue weighted by Crippen LogP contribution is 2.51. The van der Waals surface area contributed by atoms with Crippen LogP contribution in [0, 0.1) is 24.2 Å². The molecule has 2 heterocycles. The second-order valence-corrected chi connectivity index (χ2v) is 7.20. The molecule has 23 heavy (non-hydrogen) atoms. The Morgan fingerprint density at radius 3 is 2.91 bits per heavy atom. The van der Waals surface area contributed by atoms with E-state index in [-0.39, 0.29) is 23.5 Å². The summed E-state index contributed by atoms with van der Waals surface area (Å²) in [6.07, 6.45) is 0.817. The molecule has 1 saturated carbocycles. The van der Waals surface area contributed by atoms with Crippen LogP contribution in [0.15, 0.2) is 40.8 Å². The molecule has 0 N–H and O–H groups in total. The molecule has 0 radical (unpaired) electrons. The van der Waals surface area contributed by atoms with Gasteiger partial charge in [-0.25, -0.2) is 4.98 Å². The maximum absolute atomic E-state index is 12.7. The number of para-hydroxylation sites is 2. The third-order valence-corrected chi connectivity index (χ3v) is 5.39. The molecule has 2 aromatic heterocycles. The van der Waals surface area contributed by atoms with E-state index in [1.54, 1.807) is 17.4 Å². The average Bonchev–Trinajstić information content (AvgIpc) is 3.05. The van der Waals surface area contributed by atoms with Crippen LogP contribution in [0.2, 0.25) is 0 Å². The second kappa shape index (κ2) is 5.32. The highest BCUT2D eigenvalue weighted by molar-refractivity contribution is 7.12. The number of fused-ring (bicyclic) bond motifs is 1. The fourth-order valence-electron chi connectivity index (χ4n) is 2.94. The van der Waals surface area contributed by atoms with Crippen molar-refractivity contribution in [1.29, 1.82) is 5.26 Å². The van der Waals surface area contributed by atoms with E-state index in [0.29, 0.717) is 11.1 Å². The van der Waals surface area contributed by atoms with Crippen molar-refractivity contribution < 1.29 is 9.21 Å². The van der Waals surface area contributed by atoms with Crippen molar-refractivity contribution in [1.82, 2.24) is 4.98 Å². The number of hydrogen-bond donors (Lipinski definition) is 0. The summed E-state index contributed by atoms with van der Waals surface area (Å²) >= 11 is 1.72. The summed E-state index contributed by atoms with van der Waals surface area (Å²) in [4.78, 5) is 19.5. The molecule has 0 bridgehead atoms. The van der Waals surface area contributed by atoms with Crippen molar-refractivity contribution in [2.45, 2.75) is 25.2 Å². The van der Waals surface area contributed by atoms with E-state index in [9.17, 15) is 10.1 Å². The number of aryl methyl sites for hydroxylation is 1. The molecule has 0 unspecified atom stereocenters. The van der Waals surface area contributed by atoms with Crippen LogP contribution in [-0.2, 0) is 4.79 Å². The Morgan fingerprint density at radius 1 is 1.39 bits per heavy atom. The zero-order valence-corrected chi connectivity index (χ0v) is 13.3. The molecule has 1 aliphatic rings. The number of carbonyl (C=O) groups is 1. The highest BCUT2D eigenvalue weighted by Gasteiger charge is 2.48. The minimum absolute atomic E-state index is 0.0740. The first-order chi connectivity index (χ1) is 11.2. The summed E-state index contributed by atoms with van der Waals surface area (Å²) in [7, 11) is 0. The number of nitrogens with zero attached hydrogens (tertiary/aromatic N) is 2. The SMILES string of the molecule is Cc1ccc([C@@H]2C[C@H]2C(=O)[C@@H](C#N)c2nc3ccccc3o2)s1. The van der Waals surface area contributed by atoms with E-state index in [0.717, 1.165) is 6.42 Å². The minimum Gasteiger partial charge on any atom is -0.439 e. The van der Waals surface area contributed by atoms with Gasteiger partial charge in [-0.2, -0.15) is 5.26 Å². The van der Waals surface area contributed by atoms with Gasteiger partial charge in [0.05, 0.1) is 6.07 Å². The molecule has 0 saturated heterocycles. The van der Waals surface area contributed by atoms with E-state index in [1.165, 1.54) is 9.75 Å². The number of oxazole rings is 1. The molecule has 4 rings (SSSR count). The lowest BCUT2D eigenvalue weighted by molar-refractivity contribution is -0.121. The lowest BCUT2D eigenvalue weighted by Gasteiger charge is -2.03. The van der Waals surface area contributed by atoms with Crippen molar-refractivity contribution >= 4 is 28.2 Å². The molecule has 0 aliphatic heterocycles. The van der Waals surface area contributed by atoms with Gasteiger partial charge in [-0.15, -0.1) is 11.3 Å². The monoisotopic (exact) mass is 322 g/mol. The van der Waals surface area contributed by atoms with Gasteiger partial charge in [-0.1, -0.05) is 12.1 Å². The van der Waals surface area contributed by atoms with Gasteiger partial charge in [0.1, 0.15) is 5.52 Å². The minimum atomic E-state index is -0.918. The van der Waals surface area contributed by atoms with Crippen LogP contribution >= 0.6 is 11.3 Å². The van der Waals surface area contributed by atoms with Gasteiger partial charge in [0.15, 0.2) is 17.3 Å². The maximum Gasteiger partial charge on any atom is 0.220 e. The molecule has 0 amide bonds. The highest BCUT2D eigenvalue weighted by atomic mass is 32.1. The fourth-order valence-corrected chi connectivity index (χ4v) is 4.00. The van der Waals surface area contributed by atoms with Crippen LogP contribution in [-0.4, -0.2) is 10.8 Å². The van der Waals surface area contributed by atoms with E-state index in [1.807, 2.05) is 18.2 Å². The topological polar surface area (TPSA) is 66.9 Å². The third-order valence-electron chi connectivity index (χ3n) is 4.25. The summed E-state index contributed by atoms with van der Waals surface area (Å²) in [6.45, 7) is 2.06. The van der Waals surface area contributed by atoms with Crippen LogP contribution in [0.25, 0.3) is 11.1 Å². The summed E-state index contributed by atoms with van der Waals surface area (Å²) in [6, 6.07) is 13.5. The van der Waals surface area contributed by atoms with E-state index in [4.69, 9.17) is 4.42 Å². The standard InChI is InChI=1S/C18H14N2O2S/c1-10-6-7-16(23-10)11-8-12(11)17(21)13(9-19)18-20-14-4-2-3-5-15(14)22-18/h2-7,11-13H,8H2,1H3/t11-,12-,13-/m1/s1. The van der Waals surface area contributed by atoms with Gasteiger partial charge in [0.2, 0.25) is 5.89 Å². The van der Waals surface area contributed by atoms with Crippen molar-refractivity contribution in [3.63, 3.8) is 0 Å². The Bertz CT molecular complexity index is 901. The van der Waals surface area contributed by atoms with Gasteiger partial charge < -0.3 is 4.42 Å². The van der Waals surface area contributed by atoms with Crippen LogP contribution < -0.4 is 0 Å². The fraction of sp³-hybridized carbons (Fsp3) is 0.278. The number of benzene rings is 1. The smallest absolute Gasteiger partial charge is 0.220 e. The van der Waals surface area contributed by atoms with Crippen molar-refractivity contribution in [2.75, 3.05) is 0 Å². The number of carbonyl (C=O) groups excluding carboxylic acids is 1. The molecule has 1 aromatic carbocycles. The number of nitriles is 1. The summed E-state index contributed by atoms with van der Waals surface area (Å²) < 4.78 is 5.61.